The van der Waals surface area contributed by atoms with Crippen LogP contribution in [-0.2, 0) is 16.0 Å². The van der Waals surface area contributed by atoms with Crippen molar-refractivity contribution < 1.29 is 9.53 Å². The molecular weight excluding hydrogens is 276 g/mol. The molecule has 3 unspecified atom stereocenters. The van der Waals surface area contributed by atoms with Crippen LogP contribution in [0.2, 0.25) is 0 Å². The molecule has 22 heavy (non-hydrogen) atoms. The van der Waals surface area contributed by atoms with Crippen molar-refractivity contribution in [2.45, 2.75) is 44.8 Å². The molecule has 1 saturated heterocycles. The molecule has 1 fully saturated rings. The van der Waals surface area contributed by atoms with Gasteiger partial charge in [0, 0.05) is 19.1 Å². The lowest BCUT2D eigenvalue weighted by atomic mass is 9.91. The van der Waals surface area contributed by atoms with E-state index in [1.165, 1.54) is 11.1 Å². The van der Waals surface area contributed by atoms with Crippen molar-refractivity contribution in [3.8, 4) is 0 Å². The summed E-state index contributed by atoms with van der Waals surface area (Å²) in [5.41, 5.74) is 8.37. The number of nitrogens with zero attached hydrogens (tertiary/aromatic N) is 1. The van der Waals surface area contributed by atoms with Gasteiger partial charge in [0.15, 0.2) is 0 Å². The minimum Gasteiger partial charge on any atom is -0.373 e. The fourth-order valence-electron chi connectivity index (χ4n) is 3.73. The predicted octanol–water partition coefficient (Wildman–Crippen LogP) is 2.28. The standard InChI is InChI=1S/C18H26N2O2/c1-13-6-8-20(15(10-13)12-19)18(21)11-17-16-5-3-2-4-14(16)7-9-22-17/h2-5,13,15,17H,6-12,19H2,1H3. The normalized spacial score (nSPS) is 28.3. The lowest BCUT2D eigenvalue weighted by Crippen LogP contribution is -2.49. The number of ether oxygens (including phenoxy) is 1. The zero-order chi connectivity index (χ0) is 15.5. The Hall–Kier alpha value is -1.39. The number of amides is 1. The number of rotatable bonds is 3. The van der Waals surface area contributed by atoms with Crippen LogP contribution >= 0.6 is 0 Å². The van der Waals surface area contributed by atoms with Gasteiger partial charge in [-0.05, 0) is 36.3 Å². The highest BCUT2D eigenvalue weighted by atomic mass is 16.5. The van der Waals surface area contributed by atoms with Crippen molar-refractivity contribution in [2.24, 2.45) is 11.7 Å². The first-order chi connectivity index (χ1) is 10.7. The van der Waals surface area contributed by atoms with Crippen molar-refractivity contribution in [1.82, 2.24) is 4.90 Å². The summed E-state index contributed by atoms with van der Waals surface area (Å²) in [5.74, 6) is 0.841. The first-order valence-electron chi connectivity index (χ1n) is 8.38. The molecule has 2 aliphatic rings. The Bertz CT molecular complexity index is 532. The molecule has 0 saturated carbocycles. The van der Waals surface area contributed by atoms with Crippen LogP contribution in [0.15, 0.2) is 24.3 Å². The van der Waals surface area contributed by atoms with Crippen molar-refractivity contribution in [3.05, 3.63) is 35.4 Å². The average molecular weight is 302 g/mol. The number of nitrogens with two attached hydrogens (primary N) is 1. The smallest absolute Gasteiger partial charge is 0.225 e. The molecule has 2 N–H and O–H groups in total. The molecule has 0 aromatic heterocycles. The first-order valence-corrected chi connectivity index (χ1v) is 8.38. The molecule has 120 valence electrons. The van der Waals surface area contributed by atoms with E-state index >= 15 is 0 Å². The molecule has 1 amide bonds. The van der Waals surface area contributed by atoms with Gasteiger partial charge in [0.2, 0.25) is 5.91 Å². The lowest BCUT2D eigenvalue weighted by molar-refractivity contribution is -0.138. The zero-order valence-electron chi connectivity index (χ0n) is 13.3. The van der Waals surface area contributed by atoms with Gasteiger partial charge < -0.3 is 15.4 Å². The minimum atomic E-state index is -0.102. The topological polar surface area (TPSA) is 55.6 Å². The quantitative estimate of drug-likeness (QED) is 0.932. The van der Waals surface area contributed by atoms with E-state index in [1.807, 2.05) is 11.0 Å². The minimum absolute atomic E-state index is 0.102. The molecule has 0 radical (unpaired) electrons. The van der Waals surface area contributed by atoms with Gasteiger partial charge in [-0.2, -0.15) is 0 Å². The third-order valence-corrected chi connectivity index (χ3v) is 5.02. The van der Waals surface area contributed by atoms with E-state index in [0.29, 0.717) is 25.5 Å². The highest BCUT2D eigenvalue weighted by Crippen LogP contribution is 2.31. The van der Waals surface area contributed by atoms with Crippen molar-refractivity contribution in [2.75, 3.05) is 19.7 Å². The van der Waals surface area contributed by atoms with E-state index in [0.717, 1.165) is 25.8 Å². The van der Waals surface area contributed by atoms with E-state index in [-0.39, 0.29) is 18.1 Å². The molecule has 4 nitrogen and oxygen atoms in total. The van der Waals surface area contributed by atoms with Gasteiger partial charge in [0.05, 0.1) is 19.1 Å². The summed E-state index contributed by atoms with van der Waals surface area (Å²) in [6.45, 7) is 4.33. The van der Waals surface area contributed by atoms with Crippen LogP contribution < -0.4 is 5.73 Å². The molecule has 2 aliphatic heterocycles. The average Bonchev–Trinajstić information content (AvgIpc) is 2.55. The van der Waals surface area contributed by atoms with Crippen LogP contribution in [-0.4, -0.2) is 36.5 Å². The molecule has 3 rings (SSSR count). The van der Waals surface area contributed by atoms with E-state index in [2.05, 4.69) is 25.1 Å². The van der Waals surface area contributed by atoms with Gasteiger partial charge in [-0.25, -0.2) is 0 Å². The molecule has 1 aromatic rings. The fourth-order valence-corrected chi connectivity index (χ4v) is 3.73. The Morgan fingerprint density at radius 2 is 2.23 bits per heavy atom. The third kappa shape index (κ3) is 3.18. The molecule has 3 atom stereocenters. The second-order valence-corrected chi connectivity index (χ2v) is 6.62. The maximum absolute atomic E-state index is 12.7. The van der Waals surface area contributed by atoms with Gasteiger partial charge in [0.25, 0.3) is 0 Å². The summed E-state index contributed by atoms with van der Waals surface area (Å²) in [4.78, 5) is 14.7. The van der Waals surface area contributed by atoms with Crippen molar-refractivity contribution >= 4 is 5.91 Å². The first kappa shape index (κ1) is 15.5. The SMILES string of the molecule is CC1CCN(C(=O)CC2OCCc3ccccc32)C(CN)C1. The molecule has 0 aliphatic carbocycles. The summed E-state index contributed by atoms with van der Waals surface area (Å²) >= 11 is 0. The Labute approximate surface area is 132 Å². The molecule has 0 bridgehead atoms. The van der Waals surface area contributed by atoms with Crippen LogP contribution in [0.5, 0.6) is 0 Å². The number of hydrogen-bond donors (Lipinski definition) is 1. The number of benzene rings is 1. The molecule has 0 spiro atoms. The van der Waals surface area contributed by atoms with Gasteiger partial charge in [-0.1, -0.05) is 31.2 Å². The van der Waals surface area contributed by atoms with Crippen molar-refractivity contribution in [3.63, 3.8) is 0 Å². The summed E-state index contributed by atoms with van der Waals surface area (Å²) in [5, 5.41) is 0. The second-order valence-electron chi connectivity index (χ2n) is 6.62. The lowest BCUT2D eigenvalue weighted by Gasteiger charge is -2.39. The Morgan fingerprint density at radius 3 is 3.05 bits per heavy atom. The number of carbonyl (C=O) groups is 1. The van der Waals surface area contributed by atoms with Crippen LogP contribution in [0.3, 0.4) is 0 Å². The molecule has 1 aromatic carbocycles. The van der Waals surface area contributed by atoms with Crippen molar-refractivity contribution in [1.29, 1.82) is 0 Å². The van der Waals surface area contributed by atoms with E-state index in [9.17, 15) is 4.79 Å². The van der Waals surface area contributed by atoms with Crippen LogP contribution in [0.25, 0.3) is 0 Å². The van der Waals surface area contributed by atoms with Gasteiger partial charge in [-0.3, -0.25) is 4.79 Å². The van der Waals surface area contributed by atoms with Gasteiger partial charge in [-0.15, -0.1) is 0 Å². The summed E-state index contributed by atoms with van der Waals surface area (Å²) in [6, 6.07) is 8.50. The Morgan fingerprint density at radius 1 is 1.41 bits per heavy atom. The molecule has 2 heterocycles. The summed E-state index contributed by atoms with van der Waals surface area (Å²) < 4.78 is 5.88. The Kier molecular flexibility index (Phi) is 4.79. The van der Waals surface area contributed by atoms with E-state index in [4.69, 9.17) is 10.5 Å². The largest absolute Gasteiger partial charge is 0.373 e. The van der Waals surface area contributed by atoms with Crippen LogP contribution in [0, 0.1) is 5.92 Å². The summed E-state index contributed by atoms with van der Waals surface area (Å²) in [6.07, 6.45) is 3.36. The second kappa shape index (κ2) is 6.80. The fraction of sp³-hybridized carbons (Fsp3) is 0.611. The number of likely N-dealkylation sites (tertiary alicyclic amines) is 1. The summed E-state index contributed by atoms with van der Waals surface area (Å²) in [7, 11) is 0. The molecule has 4 heteroatoms. The number of fused-ring (bicyclic) bond motifs is 1. The number of piperidine rings is 1. The number of hydrogen-bond acceptors (Lipinski definition) is 3. The third-order valence-electron chi connectivity index (χ3n) is 5.02. The molecular formula is C18H26N2O2. The van der Waals surface area contributed by atoms with Gasteiger partial charge >= 0.3 is 0 Å². The van der Waals surface area contributed by atoms with Gasteiger partial charge in [0.1, 0.15) is 0 Å². The Balaban J connectivity index is 1.69. The van der Waals surface area contributed by atoms with E-state index in [1.54, 1.807) is 0 Å². The van der Waals surface area contributed by atoms with E-state index < -0.39 is 0 Å². The predicted molar refractivity (Wildman–Crippen MR) is 86.4 cm³/mol. The monoisotopic (exact) mass is 302 g/mol. The van der Waals surface area contributed by atoms with Crippen LogP contribution in [0.1, 0.15) is 43.4 Å². The highest BCUT2D eigenvalue weighted by Gasteiger charge is 2.31. The maximum Gasteiger partial charge on any atom is 0.225 e. The number of carbonyl (C=O) groups excluding carboxylic acids is 1. The van der Waals surface area contributed by atoms with Crippen LogP contribution in [0.4, 0.5) is 0 Å². The zero-order valence-corrected chi connectivity index (χ0v) is 13.3. The maximum atomic E-state index is 12.7. The highest BCUT2D eigenvalue weighted by molar-refractivity contribution is 5.77.